The smallest absolute Gasteiger partial charge is 0.0503 e. The predicted octanol–water partition coefficient (Wildman–Crippen LogP) is 1.71. The van der Waals surface area contributed by atoms with Crippen LogP contribution in [0.3, 0.4) is 0 Å². The molecule has 49 valence electrons. The fraction of sp³-hybridized carbons (Fsp3) is 0.833. The zero-order chi connectivity index (χ0) is 6.41. The van der Waals surface area contributed by atoms with Crippen molar-refractivity contribution in [3.8, 4) is 0 Å². The molecule has 0 aromatic carbocycles. The minimum absolute atomic E-state index is 0.457. The number of ether oxygens (including phenoxy) is 1. The molecule has 0 saturated carbocycles. The largest absolute Gasteiger partial charge is 0.381 e. The van der Waals surface area contributed by atoms with Gasteiger partial charge in [0.05, 0.1) is 6.61 Å². The Balaban J connectivity index is 2.86. The van der Waals surface area contributed by atoms with E-state index in [4.69, 9.17) is 16.3 Å². The predicted molar refractivity (Wildman–Crippen MR) is 36.1 cm³/mol. The summed E-state index contributed by atoms with van der Waals surface area (Å²) in [5.74, 6) is 1.12. The third-order valence-corrected chi connectivity index (χ3v) is 1.34. The van der Waals surface area contributed by atoms with Crippen LogP contribution in [0, 0.1) is 12.8 Å². The summed E-state index contributed by atoms with van der Waals surface area (Å²) in [6, 6.07) is 0. The summed E-state index contributed by atoms with van der Waals surface area (Å²) in [4.78, 5) is 0. The Morgan fingerprint density at radius 1 is 1.75 bits per heavy atom. The fourth-order valence-corrected chi connectivity index (χ4v) is 0.418. The first kappa shape index (κ1) is 8.25. The average molecular weight is 136 g/mol. The molecule has 1 nitrogen and oxygen atoms in total. The first-order chi connectivity index (χ1) is 3.81. The second-order valence-corrected chi connectivity index (χ2v) is 2.14. The maximum atomic E-state index is 5.49. The van der Waals surface area contributed by atoms with Gasteiger partial charge in [0, 0.05) is 12.5 Å². The molecule has 0 aromatic rings. The van der Waals surface area contributed by atoms with Crippen LogP contribution in [0.4, 0.5) is 0 Å². The molecule has 0 rings (SSSR count). The molecule has 0 aliphatic carbocycles. The van der Waals surface area contributed by atoms with Gasteiger partial charge in [-0.15, -0.1) is 11.6 Å². The summed E-state index contributed by atoms with van der Waals surface area (Å²) in [7, 11) is 0. The first-order valence-electron chi connectivity index (χ1n) is 2.74. The Morgan fingerprint density at radius 2 is 2.38 bits per heavy atom. The Bertz CT molecular complexity index is 47.8. The Kier molecular flexibility index (Phi) is 5.56. The second-order valence-electron chi connectivity index (χ2n) is 1.83. The van der Waals surface area contributed by atoms with Crippen molar-refractivity contribution in [3.05, 3.63) is 6.92 Å². The molecular formula is C6H12ClO. The highest BCUT2D eigenvalue weighted by molar-refractivity contribution is 6.18. The normalized spacial score (nSPS) is 13.9. The van der Waals surface area contributed by atoms with Gasteiger partial charge in [0.15, 0.2) is 0 Å². The molecule has 1 radical (unpaired) electrons. The lowest BCUT2D eigenvalue weighted by Gasteiger charge is -2.04. The summed E-state index contributed by atoms with van der Waals surface area (Å²) in [5, 5.41) is 0. The minimum atomic E-state index is 0.457. The lowest BCUT2D eigenvalue weighted by Crippen LogP contribution is -2.06. The van der Waals surface area contributed by atoms with Crippen molar-refractivity contribution in [1.82, 2.24) is 0 Å². The van der Waals surface area contributed by atoms with E-state index in [1.54, 1.807) is 0 Å². The Hall–Kier alpha value is 0.250. The van der Waals surface area contributed by atoms with Gasteiger partial charge in [-0.1, -0.05) is 6.92 Å². The summed E-state index contributed by atoms with van der Waals surface area (Å²) in [5.41, 5.74) is 0. The summed E-state index contributed by atoms with van der Waals surface area (Å²) in [6.07, 6.45) is 0. The van der Waals surface area contributed by atoms with E-state index < -0.39 is 0 Å². The van der Waals surface area contributed by atoms with E-state index in [-0.39, 0.29) is 0 Å². The topological polar surface area (TPSA) is 9.23 Å². The molecule has 2 heteroatoms. The second kappa shape index (κ2) is 5.39. The van der Waals surface area contributed by atoms with E-state index in [9.17, 15) is 0 Å². The van der Waals surface area contributed by atoms with Gasteiger partial charge in [0.2, 0.25) is 0 Å². The van der Waals surface area contributed by atoms with Gasteiger partial charge in [-0.25, -0.2) is 0 Å². The maximum Gasteiger partial charge on any atom is 0.0503 e. The van der Waals surface area contributed by atoms with E-state index in [0.717, 1.165) is 6.61 Å². The molecular weight excluding hydrogens is 124 g/mol. The van der Waals surface area contributed by atoms with Crippen LogP contribution in [0.1, 0.15) is 6.92 Å². The van der Waals surface area contributed by atoms with Crippen LogP contribution in [0.5, 0.6) is 0 Å². The SMILES string of the molecule is [CH2]COCC(C)CCl. The third kappa shape index (κ3) is 4.41. The van der Waals surface area contributed by atoms with E-state index in [1.165, 1.54) is 0 Å². The van der Waals surface area contributed by atoms with Crippen LogP contribution in [0.2, 0.25) is 0 Å². The third-order valence-electron chi connectivity index (χ3n) is 0.810. The zero-order valence-electron chi connectivity index (χ0n) is 5.19. The molecule has 0 bridgehead atoms. The van der Waals surface area contributed by atoms with Crippen molar-refractivity contribution in [2.24, 2.45) is 5.92 Å². The average Bonchev–Trinajstić information content (AvgIpc) is 1.83. The molecule has 0 aliphatic heterocycles. The van der Waals surface area contributed by atoms with Crippen molar-refractivity contribution in [1.29, 1.82) is 0 Å². The molecule has 0 heterocycles. The molecule has 0 N–H and O–H groups in total. The van der Waals surface area contributed by atoms with Crippen LogP contribution in [0.15, 0.2) is 0 Å². The molecule has 1 unspecified atom stereocenters. The Labute approximate surface area is 56.0 Å². The summed E-state index contributed by atoms with van der Waals surface area (Å²) < 4.78 is 4.99. The monoisotopic (exact) mass is 135 g/mol. The molecule has 0 spiro atoms. The number of hydrogen-bond donors (Lipinski definition) is 0. The van der Waals surface area contributed by atoms with Gasteiger partial charge in [-0.3, -0.25) is 0 Å². The van der Waals surface area contributed by atoms with Gasteiger partial charge in [-0.05, 0) is 12.8 Å². The van der Waals surface area contributed by atoms with Gasteiger partial charge in [-0.2, -0.15) is 0 Å². The molecule has 0 saturated heterocycles. The molecule has 8 heavy (non-hydrogen) atoms. The number of rotatable bonds is 4. The van der Waals surface area contributed by atoms with Gasteiger partial charge in [0.25, 0.3) is 0 Å². The van der Waals surface area contributed by atoms with Crippen molar-refractivity contribution in [2.45, 2.75) is 6.92 Å². The maximum absolute atomic E-state index is 5.49. The number of hydrogen-bond acceptors (Lipinski definition) is 1. The lowest BCUT2D eigenvalue weighted by atomic mass is 10.2. The standard InChI is InChI=1S/C6H12ClO/c1-3-8-5-6(2)4-7/h6H,1,3-5H2,2H3. The number of alkyl halides is 1. The van der Waals surface area contributed by atoms with Crippen molar-refractivity contribution in [2.75, 3.05) is 19.1 Å². The van der Waals surface area contributed by atoms with Crippen molar-refractivity contribution >= 4 is 11.6 Å². The van der Waals surface area contributed by atoms with Crippen LogP contribution in [-0.4, -0.2) is 19.1 Å². The van der Waals surface area contributed by atoms with Gasteiger partial charge < -0.3 is 4.74 Å². The van der Waals surface area contributed by atoms with E-state index >= 15 is 0 Å². The molecule has 0 amide bonds. The van der Waals surface area contributed by atoms with Crippen molar-refractivity contribution < 1.29 is 4.74 Å². The zero-order valence-corrected chi connectivity index (χ0v) is 5.95. The molecule has 0 aromatic heterocycles. The van der Waals surface area contributed by atoms with E-state index in [2.05, 4.69) is 6.92 Å². The van der Waals surface area contributed by atoms with Crippen LogP contribution in [0.25, 0.3) is 0 Å². The quantitative estimate of drug-likeness (QED) is 0.534. The molecule has 0 aliphatic rings. The van der Waals surface area contributed by atoms with Crippen molar-refractivity contribution in [3.63, 3.8) is 0 Å². The highest BCUT2D eigenvalue weighted by atomic mass is 35.5. The van der Waals surface area contributed by atoms with E-state index in [0.29, 0.717) is 18.4 Å². The molecule has 0 fully saturated rings. The van der Waals surface area contributed by atoms with Gasteiger partial charge in [0.1, 0.15) is 0 Å². The van der Waals surface area contributed by atoms with Crippen LogP contribution in [-0.2, 0) is 4.74 Å². The first-order valence-corrected chi connectivity index (χ1v) is 3.27. The summed E-state index contributed by atoms with van der Waals surface area (Å²) >= 11 is 5.49. The fourth-order valence-electron chi connectivity index (χ4n) is 0.329. The summed E-state index contributed by atoms with van der Waals surface area (Å²) in [6.45, 7) is 6.84. The Morgan fingerprint density at radius 3 is 2.75 bits per heavy atom. The van der Waals surface area contributed by atoms with Gasteiger partial charge >= 0.3 is 0 Å². The minimum Gasteiger partial charge on any atom is -0.381 e. The highest BCUT2D eigenvalue weighted by Crippen LogP contribution is 1.96. The highest BCUT2D eigenvalue weighted by Gasteiger charge is 1.96. The van der Waals surface area contributed by atoms with E-state index in [1.807, 2.05) is 6.92 Å². The lowest BCUT2D eigenvalue weighted by molar-refractivity contribution is 0.134. The van der Waals surface area contributed by atoms with Crippen LogP contribution < -0.4 is 0 Å². The van der Waals surface area contributed by atoms with Crippen LogP contribution >= 0.6 is 11.6 Å². The number of halogens is 1. The molecule has 1 atom stereocenters.